The molecule has 2 rings (SSSR count). The first kappa shape index (κ1) is 8.81. The Morgan fingerprint density at radius 1 is 1.29 bits per heavy atom. The van der Waals surface area contributed by atoms with Crippen molar-refractivity contribution in [3.05, 3.63) is 49.2 Å². The first-order chi connectivity index (χ1) is 6.81. The van der Waals surface area contributed by atoms with Crippen molar-refractivity contribution in [1.82, 2.24) is 9.97 Å². The largest absolute Gasteiger partial charge is 0.252 e. The molecule has 0 aliphatic heterocycles. The molecule has 2 aromatic rings. The molecule has 0 bridgehead atoms. The van der Waals surface area contributed by atoms with E-state index in [9.17, 15) is 4.39 Å². The summed E-state index contributed by atoms with van der Waals surface area (Å²) in [6.45, 7) is 3.34. The number of rotatable bonds is 1. The van der Waals surface area contributed by atoms with E-state index in [1.54, 1.807) is 6.07 Å². The Morgan fingerprint density at radius 2 is 2.00 bits per heavy atom. The lowest BCUT2D eigenvalue weighted by Gasteiger charge is -1.98. The Bertz CT molecular complexity index is 491. The Kier molecular flexibility index (Phi) is 2.23. The summed E-state index contributed by atoms with van der Waals surface area (Å²) in [5.41, 5.74) is 1.66. The average molecular weight is 187 g/mol. The molecule has 0 N–H and O–H groups in total. The maximum atomic E-state index is 13.1. The van der Waals surface area contributed by atoms with Gasteiger partial charge in [0.05, 0.1) is 17.2 Å². The van der Waals surface area contributed by atoms with E-state index < -0.39 is 5.83 Å². The maximum Gasteiger partial charge on any atom is 0.146 e. The lowest BCUT2D eigenvalue weighted by atomic mass is 10.3. The molecule has 0 saturated heterocycles. The molecule has 0 atom stereocenters. The first-order valence-electron chi connectivity index (χ1n) is 4.18. The minimum atomic E-state index is -0.455. The second-order valence-electron chi connectivity index (χ2n) is 2.80. The Morgan fingerprint density at radius 3 is 2.71 bits per heavy atom. The van der Waals surface area contributed by atoms with E-state index in [0.717, 1.165) is 11.6 Å². The standard InChI is InChI=1S/C11H8FN2/c1-2-8(12)11-7-13-9-5-3-4-6-10(9)14-11/h2-7H,1H2/b8-2+. The molecule has 0 saturated carbocycles. The van der Waals surface area contributed by atoms with Crippen LogP contribution in [0.15, 0.2) is 36.5 Å². The molecule has 0 amide bonds. The summed E-state index contributed by atoms with van der Waals surface area (Å²) in [5.74, 6) is -0.455. The summed E-state index contributed by atoms with van der Waals surface area (Å²) >= 11 is 0. The predicted octanol–water partition coefficient (Wildman–Crippen LogP) is 2.77. The van der Waals surface area contributed by atoms with Crippen LogP contribution < -0.4 is 0 Å². The first-order valence-corrected chi connectivity index (χ1v) is 4.18. The van der Waals surface area contributed by atoms with Crippen molar-refractivity contribution >= 4 is 16.9 Å². The number of hydrogen-bond donors (Lipinski definition) is 0. The van der Waals surface area contributed by atoms with Crippen molar-refractivity contribution in [1.29, 1.82) is 0 Å². The molecule has 1 aromatic carbocycles. The molecule has 3 heteroatoms. The van der Waals surface area contributed by atoms with E-state index >= 15 is 0 Å². The highest BCUT2D eigenvalue weighted by molar-refractivity contribution is 5.75. The topological polar surface area (TPSA) is 25.8 Å². The number of fused-ring (bicyclic) bond motifs is 1. The van der Waals surface area contributed by atoms with Gasteiger partial charge in [0.1, 0.15) is 11.5 Å². The van der Waals surface area contributed by atoms with Crippen LogP contribution in [-0.4, -0.2) is 9.97 Å². The SMILES string of the molecule is [CH2]/C=C(/F)c1cnc2ccccc2n1. The van der Waals surface area contributed by atoms with Crippen LogP contribution in [0.2, 0.25) is 0 Å². The van der Waals surface area contributed by atoms with Crippen molar-refractivity contribution in [2.45, 2.75) is 0 Å². The van der Waals surface area contributed by atoms with Gasteiger partial charge in [-0.15, -0.1) is 0 Å². The van der Waals surface area contributed by atoms with E-state index in [2.05, 4.69) is 16.9 Å². The fraction of sp³-hybridized carbons (Fsp3) is 0. The Labute approximate surface area is 81.1 Å². The lowest BCUT2D eigenvalue weighted by Crippen LogP contribution is -1.89. The summed E-state index contributed by atoms with van der Waals surface area (Å²) in [5, 5.41) is 0. The van der Waals surface area contributed by atoms with Crippen LogP contribution in [0.1, 0.15) is 5.69 Å². The van der Waals surface area contributed by atoms with Crippen LogP contribution in [0.25, 0.3) is 16.9 Å². The molecule has 1 aromatic heterocycles. The fourth-order valence-electron chi connectivity index (χ4n) is 1.18. The van der Waals surface area contributed by atoms with Gasteiger partial charge in [-0.2, -0.15) is 0 Å². The van der Waals surface area contributed by atoms with Crippen molar-refractivity contribution < 1.29 is 4.39 Å². The molecule has 69 valence electrons. The van der Waals surface area contributed by atoms with Crippen LogP contribution in [0.5, 0.6) is 0 Å². The van der Waals surface area contributed by atoms with Gasteiger partial charge in [-0.05, 0) is 25.1 Å². The fourth-order valence-corrected chi connectivity index (χ4v) is 1.18. The summed E-state index contributed by atoms with van der Waals surface area (Å²) in [6, 6.07) is 7.33. The molecule has 0 spiro atoms. The third-order valence-electron chi connectivity index (χ3n) is 1.87. The highest BCUT2D eigenvalue weighted by Gasteiger charge is 2.02. The number of nitrogens with zero attached hydrogens (tertiary/aromatic N) is 2. The van der Waals surface area contributed by atoms with Gasteiger partial charge in [-0.1, -0.05) is 12.1 Å². The van der Waals surface area contributed by atoms with E-state index in [0.29, 0.717) is 5.52 Å². The van der Waals surface area contributed by atoms with Crippen LogP contribution in [-0.2, 0) is 0 Å². The molecule has 0 unspecified atom stereocenters. The van der Waals surface area contributed by atoms with Gasteiger partial charge >= 0.3 is 0 Å². The van der Waals surface area contributed by atoms with Crippen molar-refractivity contribution in [2.24, 2.45) is 0 Å². The second-order valence-corrected chi connectivity index (χ2v) is 2.80. The molecule has 1 radical (unpaired) electrons. The van der Waals surface area contributed by atoms with Crippen LogP contribution in [0.3, 0.4) is 0 Å². The van der Waals surface area contributed by atoms with Gasteiger partial charge in [-0.25, -0.2) is 9.37 Å². The number of benzene rings is 1. The van der Waals surface area contributed by atoms with Crippen molar-refractivity contribution in [3.63, 3.8) is 0 Å². The maximum absolute atomic E-state index is 13.1. The zero-order chi connectivity index (χ0) is 9.97. The summed E-state index contributed by atoms with van der Waals surface area (Å²) < 4.78 is 13.1. The molecule has 0 aliphatic carbocycles. The molecular weight excluding hydrogens is 179 g/mol. The third-order valence-corrected chi connectivity index (χ3v) is 1.87. The number of halogens is 1. The number of allylic oxidation sites excluding steroid dienone is 1. The quantitative estimate of drug-likeness (QED) is 0.686. The zero-order valence-electron chi connectivity index (χ0n) is 7.44. The van der Waals surface area contributed by atoms with Gasteiger partial charge in [0.2, 0.25) is 0 Å². The number of hydrogen-bond acceptors (Lipinski definition) is 2. The van der Waals surface area contributed by atoms with Gasteiger partial charge < -0.3 is 0 Å². The molecule has 2 nitrogen and oxygen atoms in total. The summed E-state index contributed by atoms with van der Waals surface area (Å²) in [7, 11) is 0. The molecular formula is C11H8FN2. The normalized spacial score (nSPS) is 12.0. The Hall–Kier alpha value is -1.77. The molecule has 0 fully saturated rings. The van der Waals surface area contributed by atoms with E-state index in [1.807, 2.05) is 18.2 Å². The minimum absolute atomic E-state index is 0.221. The van der Waals surface area contributed by atoms with Gasteiger partial charge in [0.15, 0.2) is 0 Å². The average Bonchev–Trinajstić information content (AvgIpc) is 2.27. The van der Waals surface area contributed by atoms with Crippen LogP contribution in [0, 0.1) is 6.92 Å². The lowest BCUT2D eigenvalue weighted by molar-refractivity contribution is 0.752. The zero-order valence-corrected chi connectivity index (χ0v) is 7.44. The monoisotopic (exact) mass is 187 g/mol. The van der Waals surface area contributed by atoms with E-state index in [4.69, 9.17) is 0 Å². The Balaban J connectivity index is 2.62. The molecule has 14 heavy (non-hydrogen) atoms. The molecule has 0 aliphatic rings. The van der Waals surface area contributed by atoms with Gasteiger partial charge in [-0.3, -0.25) is 4.98 Å². The summed E-state index contributed by atoms with van der Waals surface area (Å²) in [4.78, 5) is 8.18. The minimum Gasteiger partial charge on any atom is -0.252 e. The number of aromatic nitrogens is 2. The second kappa shape index (κ2) is 3.54. The van der Waals surface area contributed by atoms with Crippen molar-refractivity contribution in [2.75, 3.05) is 0 Å². The molecule has 1 heterocycles. The van der Waals surface area contributed by atoms with Crippen molar-refractivity contribution in [3.8, 4) is 0 Å². The summed E-state index contributed by atoms with van der Waals surface area (Å²) in [6.07, 6.45) is 2.53. The van der Waals surface area contributed by atoms with E-state index in [1.165, 1.54) is 6.20 Å². The predicted molar refractivity (Wildman–Crippen MR) is 54.0 cm³/mol. The highest BCUT2D eigenvalue weighted by Crippen LogP contribution is 2.15. The van der Waals surface area contributed by atoms with E-state index in [-0.39, 0.29) is 5.69 Å². The highest BCUT2D eigenvalue weighted by atomic mass is 19.1. The van der Waals surface area contributed by atoms with Crippen LogP contribution >= 0.6 is 0 Å². The third kappa shape index (κ3) is 1.48. The van der Waals surface area contributed by atoms with Gasteiger partial charge in [0, 0.05) is 0 Å². The smallest absolute Gasteiger partial charge is 0.146 e. The van der Waals surface area contributed by atoms with Crippen LogP contribution in [0.4, 0.5) is 4.39 Å². The van der Waals surface area contributed by atoms with Gasteiger partial charge in [0.25, 0.3) is 0 Å². The number of para-hydroxylation sites is 2.